The lowest BCUT2D eigenvalue weighted by molar-refractivity contribution is 0.0600. The van der Waals surface area contributed by atoms with Crippen molar-refractivity contribution in [2.24, 2.45) is 0 Å². The number of methoxy groups -OCH3 is 1. The maximum Gasteiger partial charge on any atom is 0.337 e. The number of anilines is 2. The fourth-order valence-corrected chi connectivity index (χ4v) is 3.98. The summed E-state index contributed by atoms with van der Waals surface area (Å²) < 4.78 is 52.2. The summed E-state index contributed by atoms with van der Waals surface area (Å²) in [5.74, 6) is -1.79. The number of nitrogens with one attached hydrogen (secondary N) is 2. The highest BCUT2D eigenvalue weighted by atomic mass is 32.2. The Balaban J connectivity index is 1.89. The van der Waals surface area contributed by atoms with Crippen molar-refractivity contribution in [2.75, 3.05) is 23.8 Å². The summed E-state index contributed by atoms with van der Waals surface area (Å²) in [4.78, 5) is 23.9. The number of carbonyl (C=O) groups excluding carboxylic acids is 2. The Morgan fingerprint density at radius 1 is 1.00 bits per heavy atom. The molecule has 33 heavy (non-hydrogen) atoms. The first-order valence-electron chi connectivity index (χ1n) is 9.79. The van der Waals surface area contributed by atoms with E-state index in [-0.39, 0.29) is 39.8 Å². The number of benzene rings is 3. The SMILES string of the molecule is CCOc1ccc(S(=O)(=O)Nc2ccc(C(=O)OC)cc2)cc1NC(=O)c1ccccc1F. The molecule has 3 aromatic carbocycles. The Labute approximate surface area is 190 Å². The number of hydrogen-bond donors (Lipinski definition) is 2. The van der Waals surface area contributed by atoms with Crippen LogP contribution < -0.4 is 14.8 Å². The second-order valence-corrected chi connectivity index (χ2v) is 8.38. The molecule has 0 aromatic heterocycles. The quantitative estimate of drug-likeness (QED) is 0.478. The van der Waals surface area contributed by atoms with Gasteiger partial charge in [0.05, 0.1) is 35.4 Å². The smallest absolute Gasteiger partial charge is 0.337 e. The van der Waals surface area contributed by atoms with E-state index in [2.05, 4.69) is 14.8 Å². The average Bonchev–Trinajstić information content (AvgIpc) is 2.80. The third-order valence-corrected chi connectivity index (χ3v) is 5.87. The lowest BCUT2D eigenvalue weighted by Crippen LogP contribution is -2.17. The molecule has 0 aliphatic carbocycles. The van der Waals surface area contributed by atoms with Gasteiger partial charge in [0.15, 0.2) is 0 Å². The topological polar surface area (TPSA) is 111 Å². The predicted octanol–water partition coefficient (Wildman–Crippen LogP) is 4.06. The molecule has 0 aliphatic heterocycles. The number of hydrogen-bond acceptors (Lipinski definition) is 6. The predicted molar refractivity (Wildman–Crippen MR) is 121 cm³/mol. The zero-order valence-electron chi connectivity index (χ0n) is 17.8. The van der Waals surface area contributed by atoms with E-state index in [0.29, 0.717) is 0 Å². The third kappa shape index (κ3) is 5.66. The van der Waals surface area contributed by atoms with Crippen molar-refractivity contribution in [1.29, 1.82) is 0 Å². The van der Waals surface area contributed by atoms with Crippen molar-refractivity contribution in [3.05, 3.63) is 83.7 Å². The first-order valence-corrected chi connectivity index (χ1v) is 11.3. The second kappa shape index (κ2) is 10.1. The Kier molecular flexibility index (Phi) is 7.29. The number of amides is 1. The Bertz CT molecular complexity index is 1280. The molecule has 0 spiro atoms. The first-order chi connectivity index (χ1) is 15.7. The van der Waals surface area contributed by atoms with Gasteiger partial charge in [-0.3, -0.25) is 9.52 Å². The average molecular weight is 472 g/mol. The molecule has 0 radical (unpaired) electrons. The monoisotopic (exact) mass is 472 g/mol. The maximum atomic E-state index is 14.0. The van der Waals surface area contributed by atoms with Crippen LogP contribution in [0.1, 0.15) is 27.6 Å². The fraction of sp³-hybridized carbons (Fsp3) is 0.130. The summed E-state index contributed by atoms with van der Waals surface area (Å²) in [6.45, 7) is 1.99. The van der Waals surface area contributed by atoms with Gasteiger partial charge in [0.1, 0.15) is 11.6 Å². The number of esters is 1. The molecular formula is C23H21FN2O6S. The van der Waals surface area contributed by atoms with Gasteiger partial charge in [-0.25, -0.2) is 17.6 Å². The van der Waals surface area contributed by atoms with Crippen LogP contribution >= 0.6 is 0 Å². The van der Waals surface area contributed by atoms with Crippen LogP contribution in [0.25, 0.3) is 0 Å². The van der Waals surface area contributed by atoms with Gasteiger partial charge in [0.2, 0.25) is 0 Å². The van der Waals surface area contributed by atoms with E-state index in [4.69, 9.17) is 4.74 Å². The first kappa shape index (κ1) is 23.7. The molecule has 8 nitrogen and oxygen atoms in total. The summed E-state index contributed by atoms with van der Waals surface area (Å²) in [7, 11) is -2.82. The molecule has 10 heteroatoms. The van der Waals surface area contributed by atoms with Gasteiger partial charge in [-0.1, -0.05) is 12.1 Å². The van der Waals surface area contributed by atoms with Crippen molar-refractivity contribution >= 4 is 33.3 Å². The van der Waals surface area contributed by atoms with Crippen LogP contribution in [0.3, 0.4) is 0 Å². The molecule has 1 amide bonds. The van der Waals surface area contributed by atoms with Gasteiger partial charge in [-0.05, 0) is 61.5 Å². The molecule has 0 saturated carbocycles. The number of carbonyl (C=O) groups is 2. The van der Waals surface area contributed by atoms with Crippen LogP contribution in [0, 0.1) is 5.82 Å². The summed E-state index contributed by atoms with van der Waals surface area (Å²) >= 11 is 0. The largest absolute Gasteiger partial charge is 0.492 e. The van der Waals surface area contributed by atoms with Gasteiger partial charge in [-0.2, -0.15) is 0 Å². The van der Waals surface area contributed by atoms with Crippen molar-refractivity contribution in [3.8, 4) is 5.75 Å². The van der Waals surface area contributed by atoms with Crippen LogP contribution in [-0.4, -0.2) is 34.0 Å². The number of ether oxygens (including phenoxy) is 2. The highest BCUT2D eigenvalue weighted by Crippen LogP contribution is 2.29. The molecule has 172 valence electrons. The van der Waals surface area contributed by atoms with E-state index in [0.717, 1.165) is 6.07 Å². The number of halogens is 1. The molecule has 0 fully saturated rings. The van der Waals surface area contributed by atoms with Crippen LogP contribution in [0.5, 0.6) is 5.75 Å². The minimum Gasteiger partial charge on any atom is -0.492 e. The summed E-state index contributed by atoms with van der Waals surface area (Å²) in [6.07, 6.45) is 0. The molecular weight excluding hydrogens is 451 g/mol. The maximum absolute atomic E-state index is 14.0. The normalized spacial score (nSPS) is 10.9. The summed E-state index contributed by atoms with van der Waals surface area (Å²) in [6, 6.07) is 15.0. The Morgan fingerprint density at radius 3 is 2.33 bits per heavy atom. The zero-order chi connectivity index (χ0) is 24.0. The van der Waals surface area contributed by atoms with Crippen LogP contribution in [0.4, 0.5) is 15.8 Å². The minimum atomic E-state index is -4.06. The fourth-order valence-electron chi connectivity index (χ4n) is 2.90. The molecule has 3 rings (SSSR count). The van der Waals surface area contributed by atoms with Gasteiger partial charge >= 0.3 is 5.97 Å². The summed E-state index contributed by atoms with van der Waals surface area (Å²) in [5.41, 5.74) is 0.346. The van der Waals surface area contributed by atoms with Crippen molar-refractivity contribution in [3.63, 3.8) is 0 Å². The molecule has 0 saturated heterocycles. The number of sulfonamides is 1. The summed E-state index contributed by atoms with van der Waals surface area (Å²) in [5, 5.41) is 2.51. The van der Waals surface area contributed by atoms with E-state index in [1.54, 1.807) is 6.92 Å². The third-order valence-electron chi connectivity index (χ3n) is 4.49. The highest BCUT2D eigenvalue weighted by Gasteiger charge is 2.20. The molecule has 0 heterocycles. The number of rotatable bonds is 8. The van der Waals surface area contributed by atoms with Gasteiger partial charge < -0.3 is 14.8 Å². The van der Waals surface area contributed by atoms with Crippen LogP contribution in [0.2, 0.25) is 0 Å². The van der Waals surface area contributed by atoms with Crippen molar-refractivity contribution in [1.82, 2.24) is 0 Å². The molecule has 0 atom stereocenters. The molecule has 0 unspecified atom stereocenters. The zero-order valence-corrected chi connectivity index (χ0v) is 18.6. The van der Waals surface area contributed by atoms with Crippen LogP contribution in [0.15, 0.2) is 71.6 Å². The standard InChI is InChI=1S/C23H21FN2O6S/c1-3-32-21-13-12-17(14-20(21)25-22(27)18-6-4-5-7-19(18)24)33(29,30)26-16-10-8-15(9-11-16)23(28)31-2/h4-14,26H,3H2,1-2H3,(H,25,27). The Hall–Kier alpha value is -3.92. The Morgan fingerprint density at radius 2 is 1.70 bits per heavy atom. The lowest BCUT2D eigenvalue weighted by Gasteiger charge is -2.15. The second-order valence-electron chi connectivity index (χ2n) is 6.70. The van der Waals surface area contributed by atoms with E-state index >= 15 is 0 Å². The molecule has 2 N–H and O–H groups in total. The molecule has 0 aliphatic rings. The van der Waals surface area contributed by atoms with Crippen LogP contribution in [-0.2, 0) is 14.8 Å². The van der Waals surface area contributed by atoms with Gasteiger partial charge in [0.25, 0.3) is 15.9 Å². The molecule has 0 bridgehead atoms. The van der Waals surface area contributed by atoms with E-state index in [9.17, 15) is 22.4 Å². The lowest BCUT2D eigenvalue weighted by atomic mass is 10.2. The van der Waals surface area contributed by atoms with E-state index < -0.39 is 27.7 Å². The van der Waals surface area contributed by atoms with E-state index in [1.165, 1.54) is 67.8 Å². The van der Waals surface area contributed by atoms with Gasteiger partial charge in [-0.15, -0.1) is 0 Å². The van der Waals surface area contributed by atoms with Crippen molar-refractivity contribution < 1.29 is 31.9 Å². The minimum absolute atomic E-state index is 0.0639. The van der Waals surface area contributed by atoms with Gasteiger partial charge in [0, 0.05) is 5.69 Å². The van der Waals surface area contributed by atoms with E-state index in [1.807, 2.05) is 0 Å². The highest BCUT2D eigenvalue weighted by molar-refractivity contribution is 7.92. The van der Waals surface area contributed by atoms with Crippen molar-refractivity contribution in [2.45, 2.75) is 11.8 Å². The molecule has 3 aromatic rings.